The van der Waals surface area contributed by atoms with E-state index in [1.165, 1.54) is 10.8 Å². The van der Waals surface area contributed by atoms with Crippen LogP contribution >= 0.6 is 0 Å². The average Bonchev–Trinajstić information content (AvgIpc) is 2.88. The average molecular weight is 283 g/mol. The van der Waals surface area contributed by atoms with Crippen molar-refractivity contribution in [2.45, 2.75) is 25.7 Å². The third-order valence-corrected chi connectivity index (χ3v) is 3.80. The van der Waals surface area contributed by atoms with Crippen molar-refractivity contribution in [3.05, 3.63) is 42.5 Å². The summed E-state index contributed by atoms with van der Waals surface area (Å²) in [6.45, 7) is 1.02. The molecule has 3 heteroatoms. The van der Waals surface area contributed by atoms with Gasteiger partial charge in [0.2, 0.25) is 0 Å². The molecular weight excluding hydrogens is 262 g/mol. The van der Waals surface area contributed by atoms with E-state index >= 15 is 0 Å². The van der Waals surface area contributed by atoms with Gasteiger partial charge < -0.3 is 14.8 Å². The first-order chi connectivity index (χ1) is 10.4. The summed E-state index contributed by atoms with van der Waals surface area (Å²) in [6.07, 6.45) is 4.10. The molecule has 0 radical (unpaired) electrons. The summed E-state index contributed by atoms with van der Waals surface area (Å²) in [4.78, 5) is 3.43. The van der Waals surface area contributed by atoms with Crippen LogP contribution < -0.4 is 4.74 Å². The van der Waals surface area contributed by atoms with Gasteiger partial charge in [0.15, 0.2) is 0 Å². The van der Waals surface area contributed by atoms with Crippen molar-refractivity contribution in [2.24, 2.45) is 0 Å². The Morgan fingerprint density at radius 2 is 1.67 bits per heavy atom. The first-order valence-corrected chi connectivity index (χ1v) is 7.62. The van der Waals surface area contributed by atoms with E-state index in [1.807, 2.05) is 12.1 Å². The van der Waals surface area contributed by atoms with Crippen LogP contribution in [-0.2, 0) is 0 Å². The second-order valence-corrected chi connectivity index (χ2v) is 5.36. The lowest BCUT2D eigenvalue weighted by molar-refractivity contribution is 0.273. The number of nitrogens with one attached hydrogen (secondary N) is 1. The molecule has 0 aliphatic heterocycles. The molecule has 2 N–H and O–H groups in total. The molecule has 0 saturated carbocycles. The predicted molar refractivity (Wildman–Crippen MR) is 86.9 cm³/mol. The van der Waals surface area contributed by atoms with Crippen LogP contribution in [0.5, 0.6) is 5.75 Å². The van der Waals surface area contributed by atoms with Crippen LogP contribution in [0.3, 0.4) is 0 Å². The minimum atomic E-state index is 0.290. The maximum absolute atomic E-state index is 8.73. The van der Waals surface area contributed by atoms with Gasteiger partial charge in [-0.25, -0.2) is 0 Å². The van der Waals surface area contributed by atoms with Crippen molar-refractivity contribution in [2.75, 3.05) is 13.2 Å². The Morgan fingerprint density at radius 1 is 0.857 bits per heavy atom. The molecule has 1 heterocycles. The molecule has 0 amide bonds. The molecule has 0 aliphatic carbocycles. The van der Waals surface area contributed by atoms with Crippen molar-refractivity contribution in [3.63, 3.8) is 0 Å². The molecule has 0 aliphatic rings. The number of H-pyrrole nitrogens is 1. The lowest BCUT2D eigenvalue weighted by atomic mass is 10.1. The third kappa shape index (κ3) is 3.19. The van der Waals surface area contributed by atoms with E-state index in [0.29, 0.717) is 0 Å². The summed E-state index contributed by atoms with van der Waals surface area (Å²) in [6, 6.07) is 14.6. The van der Waals surface area contributed by atoms with Crippen molar-refractivity contribution in [1.82, 2.24) is 4.98 Å². The second kappa shape index (κ2) is 6.64. The van der Waals surface area contributed by atoms with E-state index in [4.69, 9.17) is 9.84 Å². The molecule has 2 aromatic carbocycles. The Morgan fingerprint density at radius 3 is 2.57 bits per heavy atom. The van der Waals surface area contributed by atoms with Gasteiger partial charge in [-0.05, 0) is 37.5 Å². The number of aromatic nitrogens is 1. The van der Waals surface area contributed by atoms with E-state index in [9.17, 15) is 0 Å². The van der Waals surface area contributed by atoms with Crippen molar-refractivity contribution >= 4 is 21.8 Å². The van der Waals surface area contributed by atoms with E-state index < -0.39 is 0 Å². The van der Waals surface area contributed by atoms with Gasteiger partial charge in [0.25, 0.3) is 0 Å². The van der Waals surface area contributed by atoms with Crippen LogP contribution in [0.4, 0.5) is 0 Å². The Hall–Kier alpha value is -2.00. The van der Waals surface area contributed by atoms with E-state index in [0.717, 1.165) is 49.1 Å². The summed E-state index contributed by atoms with van der Waals surface area (Å²) in [5, 5.41) is 11.2. The number of rotatable bonds is 7. The van der Waals surface area contributed by atoms with Gasteiger partial charge in [-0.3, -0.25) is 0 Å². The number of aromatic amines is 1. The summed E-state index contributed by atoms with van der Waals surface area (Å²) < 4.78 is 5.81. The summed E-state index contributed by atoms with van der Waals surface area (Å²) >= 11 is 0. The molecule has 3 aromatic rings. The molecule has 0 fully saturated rings. The number of benzene rings is 2. The smallest absolute Gasteiger partial charge is 0.121 e. The van der Waals surface area contributed by atoms with Crippen molar-refractivity contribution < 1.29 is 9.84 Å². The number of hydrogen-bond donors (Lipinski definition) is 2. The van der Waals surface area contributed by atoms with Gasteiger partial charge in [-0.2, -0.15) is 0 Å². The molecule has 0 bridgehead atoms. The molecule has 3 nitrogen and oxygen atoms in total. The molecule has 1 aromatic heterocycles. The fourth-order valence-electron chi connectivity index (χ4n) is 2.68. The summed E-state index contributed by atoms with van der Waals surface area (Å²) in [7, 11) is 0. The number of unbranched alkanes of at least 4 members (excludes halogenated alkanes) is 3. The van der Waals surface area contributed by atoms with Crippen LogP contribution in [0.25, 0.3) is 21.8 Å². The molecular formula is C18H21NO2. The Balaban J connectivity index is 1.66. The number of aliphatic hydroxyl groups excluding tert-OH is 1. The van der Waals surface area contributed by atoms with Crippen molar-refractivity contribution in [1.29, 1.82) is 0 Å². The van der Waals surface area contributed by atoms with Crippen LogP contribution in [0.2, 0.25) is 0 Å². The maximum atomic E-state index is 8.73. The van der Waals surface area contributed by atoms with Gasteiger partial charge in [-0.1, -0.05) is 24.6 Å². The monoisotopic (exact) mass is 283 g/mol. The van der Waals surface area contributed by atoms with E-state index in [1.54, 1.807) is 0 Å². The van der Waals surface area contributed by atoms with Gasteiger partial charge in [0, 0.05) is 29.0 Å². The van der Waals surface area contributed by atoms with Gasteiger partial charge >= 0.3 is 0 Å². The molecule has 0 unspecified atom stereocenters. The summed E-state index contributed by atoms with van der Waals surface area (Å²) in [5.41, 5.74) is 2.28. The zero-order valence-electron chi connectivity index (χ0n) is 12.1. The first-order valence-electron chi connectivity index (χ1n) is 7.62. The standard InChI is InChI=1S/C18H21NO2/c20-11-5-1-2-6-12-21-14-9-10-16-15-7-3-4-8-17(15)19-18(16)13-14/h3-4,7-10,13,19-20H,1-2,5-6,11-12H2. The number of aliphatic hydroxyl groups is 1. The molecule has 110 valence electrons. The second-order valence-electron chi connectivity index (χ2n) is 5.36. The highest BCUT2D eigenvalue weighted by atomic mass is 16.5. The maximum Gasteiger partial charge on any atom is 0.121 e. The zero-order valence-corrected chi connectivity index (χ0v) is 12.1. The topological polar surface area (TPSA) is 45.2 Å². The highest BCUT2D eigenvalue weighted by Crippen LogP contribution is 2.28. The zero-order chi connectivity index (χ0) is 14.5. The lowest BCUT2D eigenvalue weighted by Gasteiger charge is -2.06. The molecule has 3 rings (SSSR count). The number of ether oxygens (including phenoxy) is 1. The Kier molecular flexibility index (Phi) is 4.41. The number of para-hydroxylation sites is 1. The number of hydrogen-bond acceptors (Lipinski definition) is 2. The van der Waals surface area contributed by atoms with Crippen LogP contribution in [0.15, 0.2) is 42.5 Å². The van der Waals surface area contributed by atoms with Gasteiger partial charge in [0.1, 0.15) is 5.75 Å². The quantitative estimate of drug-likeness (QED) is 0.637. The minimum Gasteiger partial charge on any atom is -0.494 e. The lowest BCUT2D eigenvalue weighted by Crippen LogP contribution is -1.97. The van der Waals surface area contributed by atoms with Crippen LogP contribution in [-0.4, -0.2) is 23.3 Å². The summed E-state index contributed by atoms with van der Waals surface area (Å²) in [5.74, 6) is 0.913. The van der Waals surface area contributed by atoms with Gasteiger partial charge in [-0.15, -0.1) is 0 Å². The molecule has 0 saturated heterocycles. The molecule has 21 heavy (non-hydrogen) atoms. The highest BCUT2D eigenvalue weighted by Gasteiger charge is 2.04. The first kappa shape index (κ1) is 14.0. The Bertz CT molecular complexity index is 717. The largest absolute Gasteiger partial charge is 0.494 e. The fourth-order valence-corrected chi connectivity index (χ4v) is 2.68. The fraction of sp³-hybridized carbons (Fsp3) is 0.333. The minimum absolute atomic E-state index is 0.290. The van der Waals surface area contributed by atoms with Crippen molar-refractivity contribution in [3.8, 4) is 5.75 Å². The Labute approximate surface area is 124 Å². The normalized spacial score (nSPS) is 11.3. The SMILES string of the molecule is OCCCCCCOc1ccc2c(c1)[nH]c1ccccc12. The predicted octanol–water partition coefficient (Wildman–Crippen LogP) is 4.25. The van der Waals surface area contributed by atoms with E-state index in [2.05, 4.69) is 35.3 Å². The third-order valence-electron chi connectivity index (χ3n) is 3.80. The molecule has 0 atom stereocenters. The molecule has 0 spiro atoms. The van der Waals surface area contributed by atoms with Gasteiger partial charge in [0.05, 0.1) is 12.1 Å². The number of fused-ring (bicyclic) bond motifs is 3. The van der Waals surface area contributed by atoms with Crippen LogP contribution in [0, 0.1) is 0 Å². The highest BCUT2D eigenvalue weighted by molar-refractivity contribution is 6.07. The van der Waals surface area contributed by atoms with Crippen LogP contribution in [0.1, 0.15) is 25.7 Å². The van der Waals surface area contributed by atoms with E-state index in [-0.39, 0.29) is 6.61 Å².